The van der Waals surface area contributed by atoms with Crippen molar-refractivity contribution in [2.75, 3.05) is 32.8 Å². The Kier molecular flexibility index (Phi) is 6.72. The standard InChI is InChI=1S/C20H28N2O5S/c1-2-27-20(24)16-10-13-21(14-11-16)19(23)17-7-6-12-22(15-17)28(25,26)18-8-4-3-5-9-18/h3-5,8-9,16-17H,2,6-7,10-15H2,1H3/t17-/m0/s1. The van der Waals surface area contributed by atoms with Gasteiger partial charge in [0.05, 0.1) is 23.3 Å². The number of esters is 1. The van der Waals surface area contributed by atoms with Crippen LogP contribution in [0, 0.1) is 11.8 Å². The summed E-state index contributed by atoms with van der Waals surface area (Å²) < 4.78 is 32.2. The van der Waals surface area contributed by atoms with E-state index in [0.717, 1.165) is 0 Å². The second kappa shape index (κ2) is 9.05. The van der Waals surface area contributed by atoms with E-state index in [1.165, 1.54) is 4.31 Å². The van der Waals surface area contributed by atoms with E-state index in [1.54, 1.807) is 42.2 Å². The predicted molar refractivity (Wildman–Crippen MR) is 104 cm³/mol. The number of carbonyl (C=O) groups excluding carboxylic acids is 2. The molecule has 0 aromatic heterocycles. The van der Waals surface area contributed by atoms with Gasteiger partial charge in [-0.25, -0.2) is 8.42 Å². The highest BCUT2D eigenvalue weighted by Gasteiger charge is 2.36. The molecule has 2 aliphatic heterocycles. The minimum Gasteiger partial charge on any atom is -0.466 e. The van der Waals surface area contributed by atoms with Crippen LogP contribution < -0.4 is 0 Å². The Bertz CT molecular complexity index is 788. The summed E-state index contributed by atoms with van der Waals surface area (Å²) in [5.41, 5.74) is 0. The van der Waals surface area contributed by atoms with Crippen molar-refractivity contribution < 1.29 is 22.7 Å². The number of likely N-dealkylation sites (tertiary alicyclic amines) is 1. The van der Waals surface area contributed by atoms with Crippen molar-refractivity contribution >= 4 is 21.9 Å². The molecule has 3 rings (SSSR count). The highest BCUT2D eigenvalue weighted by molar-refractivity contribution is 7.89. The fourth-order valence-corrected chi connectivity index (χ4v) is 5.50. The van der Waals surface area contributed by atoms with Gasteiger partial charge in [-0.1, -0.05) is 18.2 Å². The molecule has 28 heavy (non-hydrogen) atoms. The van der Waals surface area contributed by atoms with Gasteiger partial charge in [0.15, 0.2) is 0 Å². The summed E-state index contributed by atoms with van der Waals surface area (Å²) in [6.07, 6.45) is 2.56. The molecule has 2 heterocycles. The number of hydrogen-bond donors (Lipinski definition) is 0. The van der Waals surface area contributed by atoms with Crippen LogP contribution in [0.15, 0.2) is 35.2 Å². The van der Waals surface area contributed by atoms with Gasteiger partial charge < -0.3 is 9.64 Å². The Balaban J connectivity index is 1.60. The third-order valence-electron chi connectivity index (χ3n) is 5.54. The maximum absolute atomic E-state index is 13.0. The van der Waals surface area contributed by atoms with Crippen LogP contribution in [0.3, 0.4) is 0 Å². The fourth-order valence-electron chi connectivity index (χ4n) is 3.96. The number of hydrogen-bond acceptors (Lipinski definition) is 5. The van der Waals surface area contributed by atoms with Gasteiger partial charge in [-0.15, -0.1) is 0 Å². The number of ether oxygens (including phenoxy) is 1. The van der Waals surface area contributed by atoms with E-state index < -0.39 is 10.0 Å². The molecule has 1 atom stereocenters. The maximum atomic E-state index is 13.0. The molecule has 0 spiro atoms. The van der Waals surface area contributed by atoms with E-state index in [-0.39, 0.29) is 35.2 Å². The molecule has 154 valence electrons. The summed E-state index contributed by atoms with van der Waals surface area (Å²) in [7, 11) is -3.58. The van der Waals surface area contributed by atoms with Gasteiger partial charge in [0.25, 0.3) is 0 Å². The Hall–Kier alpha value is -1.93. The first kappa shape index (κ1) is 20.8. The summed E-state index contributed by atoms with van der Waals surface area (Å²) in [5.74, 6) is -0.667. The SMILES string of the molecule is CCOC(=O)C1CCN(C(=O)[C@H]2CCCN(S(=O)(=O)c3ccccc3)C2)CC1. The lowest BCUT2D eigenvalue weighted by Gasteiger charge is -2.37. The summed E-state index contributed by atoms with van der Waals surface area (Å²) in [6, 6.07) is 8.35. The predicted octanol–water partition coefficient (Wildman–Crippen LogP) is 1.89. The molecule has 7 nitrogen and oxygen atoms in total. The van der Waals surface area contributed by atoms with Gasteiger partial charge in [0.1, 0.15) is 0 Å². The average molecular weight is 409 g/mol. The van der Waals surface area contributed by atoms with Crippen LogP contribution in [0.4, 0.5) is 0 Å². The van der Waals surface area contributed by atoms with Crippen LogP contribution in [-0.4, -0.2) is 62.3 Å². The molecule has 1 aromatic carbocycles. The second-order valence-corrected chi connectivity index (χ2v) is 9.30. The zero-order valence-corrected chi connectivity index (χ0v) is 17.1. The topological polar surface area (TPSA) is 84.0 Å². The van der Waals surface area contributed by atoms with E-state index >= 15 is 0 Å². The first-order chi connectivity index (χ1) is 13.4. The number of piperidine rings is 2. The minimum absolute atomic E-state index is 0.00438. The summed E-state index contributed by atoms with van der Waals surface area (Å²) in [4.78, 5) is 26.9. The van der Waals surface area contributed by atoms with Gasteiger partial charge in [-0.3, -0.25) is 9.59 Å². The van der Waals surface area contributed by atoms with Crippen LogP contribution >= 0.6 is 0 Å². The number of nitrogens with zero attached hydrogens (tertiary/aromatic N) is 2. The zero-order valence-electron chi connectivity index (χ0n) is 16.2. The molecular formula is C20H28N2O5S. The van der Waals surface area contributed by atoms with Crippen LogP contribution in [-0.2, 0) is 24.3 Å². The third kappa shape index (κ3) is 4.55. The largest absolute Gasteiger partial charge is 0.466 e. The number of carbonyl (C=O) groups is 2. The van der Waals surface area contributed by atoms with Gasteiger partial charge in [0.2, 0.25) is 15.9 Å². The molecule has 0 N–H and O–H groups in total. The van der Waals surface area contributed by atoms with Crippen molar-refractivity contribution in [1.82, 2.24) is 9.21 Å². The smallest absolute Gasteiger partial charge is 0.309 e. The van der Waals surface area contributed by atoms with Crippen molar-refractivity contribution in [2.24, 2.45) is 11.8 Å². The molecular weight excluding hydrogens is 380 g/mol. The highest BCUT2D eigenvalue weighted by atomic mass is 32.2. The van der Waals surface area contributed by atoms with Gasteiger partial charge in [-0.2, -0.15) is 4.31 Å². The monoisotopic (exact) mass is 408 g/mol. The third-order valence-corrected chi connectivity index (χ3v) is 7.42. The van der Waals surface area contributed by atoms with Gasteiger partial charge in [-0.05, 0) is 44.7 Å². The molecule has 2 fully saturated rings. The maximum Gasteiger partial charge on any atom is 0.309 e. The van der Waals surface area contributed by atoms with Crippen molar-refractivity contribution in [3.8, 4) is 0 Å². The number of benzene rings is 1. The Morgan fingerprint density at radius 1 is 1.04 bits per heavy atom. The lowest BCUT2D eigenvalue weighted by Crippen LogP contribution is -2.49. The lowest BCUT2D eigenvalue weighted by atomic mass is 9.93. The quantitative estimate of drug-likeness (QED) is 0.695. The molecule has 0 unspecified atom stereocenters. The minimum atomic E-state index is -3.58. The molecule has 1 amide bonds. The molecule has 0 bridgehead atoms. The van der Waals surface area contributed by atoms with Crippen molar-refractivity contribution in [3.05, 3.63) is 30.3 Å². The Morgan fingerprint density at radius 2 is 1.71 bits per heavy atom. The van der Waals surface area contributed by atoms with Crippen LogP contribution in [0.1, 0.15) is 32.6 Å². The normalized spacial score (nSPS) is 22.0. The van der Waals surface area contributed by atoms with Crippen LogP contribution in [0.2, 0.25) is 0 Å². The lowest BCUT2D eigenvalue weighted by molar-refractivity contribution is -0.152. The molecule has 2 saturated heterocycles. The average Bonchev–Trinajstić information content (AvgIpc) is 2.74. The van der Waals surface area contributed by atoms with Gasteiger partial charge in [0, 0.05) is 26.2 Å². The first-order valence-electron chi connectivity index (χ1n) is 9.94. The van der Waals surface area contributed by atoms with E-state index in [9.17, 15) is 18.0 Å². The summed E-state index contributed by atoms with van der Waals surface area (Å²) >= 11 is 0. The molecule has 1 aromatic rings. The van der Waals surface area contributed by atoms with E-state index in [4.69, 9.17) is 4.74 Å². The molecule has 2 aliphatic rings. The van der Waals surface area contributed by atoms with Crippen molar-refractivity contribution in [3.63, 3.8) is 0 Å². The van der Waals surface area contributed by atoms with E-state index in [1.807, 2.05) is 0 Å². The number of amides is 1. The first-order valence-corrected chi connectivity index (χ1v) is 11.4. The second-order valence-electron chi connectivity index (χ2n) is 7.37. The highest BCUT2D eigenvalue weighted by Crippen LogP contribution is 2.27. The number of sulfonamides is 1. The van der Waals surface area contributed by atoms with Crippen molar-refractivity contribution in [2.45, 2.75) is 37.5 Å². The molecule has 0 aliphatic carbocycles. The van der Waals surface area contributed by atoms with E-state index in [2.05, 4.69) is 0 Å². The van der Waals surface area contributed by atoms with Crippen molar-refractivity contribution in [1.29, 1.82) is 0 Å². The number of rotatable bonds is 5. The van der Waals surface area contributed by atoms with Crippen LogP contribution in [0.25, 0.3) is 0 Å². The zero-order chi connectivity index (χ0) is 20.1. The fraction of sp³-hybridized carbons (Fsp3) is 0.600. The summed E-state index contributed by atoms with van der Waals surface area (Å²) in [6.45, 7) is 3.84. The van der Waals surface area contributed by atoms with E-state index in [0.29, 0.717) is 51.9 Å². The van der Waals surface area contributed by atoms with Crippen LogP contribution in [0.5, 0.6) is 0 Å². The molecule has 0 radical (unpaired) electrons. The van der Waals surface area contributed by atoms with Gasteiger partial charge >= 0.3 is 5.97 Å². The Morgan fingerprint density at radius 3 is 2.36 bits per heavy atom. The Labute approximate surface area is 166 Å². The molecule has 8 heteroatoms. The molecule has 0 saturated carbocycles. The summed E-state index contributed by atoms with van der Waals surface area (Å²) in [5, 5.41) is 0.